The van der Waals surface area contributed by atoms with Crippen molar-refractivity contribution < 1.29 is 4.79 Å². The number of likely N-dealkylation sites (N-methyl/N-ethyl adjacent to an activating group) is 1. The Morgan fingerprint density at radius 3 is 2.71 bits per heavy atom. The number of aliphatic imine (C=N–C) groups is 1. The van der Waals surface area contributed by atoms with E-state index in [0.717, 1.165) is 16.8 Å². The first-order valence-electron chi connectivity index (χ1n) is 6.53. The molecule has 3 rings (SSSR count). The number of hydrogen-bond acceptors (Lipinski definition) is 3. The summed E-state index contributed by atoms with van der Waals surface area (Å²) in [5, 5.41) is 0.599. The van der Waals surface area contributed by atoms with Gasteiger partial charge in [-0.25, -0.2) is 0 Å². The zero-order valence-electron chi connectivity index (χ0n) is 11.5. The molecule has 0 aliphatic carbocycles. The van der Waals surface area contributed by atoms with Gasteiger partial charge in [0, 0.05) is 28.9 Å². The van der Waals surface area contributed by atoms with Crippen LogP contribution >= 0.6 is 11.6 Å². The molecule has 2 N–H and O–H groups in total. The van der Waals surface area contributed by atoms with Gasteiger partial charge < -0.3 is 10.6 Å². The number of nitrogens with two attached hydrogens (primary N) is 1. The average Bonchev–Trinajstić information content (AvgIpc) is 2.59. The molecule has 0 atom stereocenters. The van der Waals surface area contributed by atoms with Gasteiger partial charge >= 0.3 is 0 Å². The topological polar surface area (TPSA) is 58.7 Å². The molecule has 2 aromatic rings. The summed E-state index contributed by atoms with van der Waals surface area (Å²) in [6.45, 7) is 0.0889. The number of carbonyl (C=O) groups excluding carboxylic acids is 1. The Hall–Kier alpha value is -2.33. The van der Waals surface area contributed by atoms with Gasteiger partial charge in [-0.3, -0.25) is 9.79 Å². The Labute approximate surface area is 127 Å². The van der Waals surface area contributed by atoms with Gasteiger partial charge in [0.1, 0.15) is 6.54 Å². The highest BCUT2D eigenvalue weighted by Crippen LogP contribution is 2.30. The molecule has 0 fully saturated rings. The van der Waals surface area contributed by atoms with Crippen molar-refractivity contribution in [2.24, 2.45) is 4.99 Å². The second kappa shape index (κ2) is 5.22. The Morgan fingerprint density at radius 1 is 1.19 bits per heavy atom. The number of nitrogen functional groups attached to an aromatic ring is 1. The van der Waals surface area contributed by atoms with E-state index in [1.165, 1.54) is 0 Å². The van der Waals surface area contributed by atoms with E-state index < -0.39 is 0 Å². The minimum Gasteiger partial charge on any atom is -0.399 e. The maximum atomic E-state index is 12.1. The van der Waals surface area contributed by atoms with E-state index in [-0.39, 0.29) is 12.5 Å². The molecule has 0 unspecified atom stereocenters. The van der Waals surface area contributed by atoms with Crippen LogP contribution in [-0.4, -0.2) is 25.2 Å². The molecule has 1 amide bonds. The summed E-state index contributed by atoms with van der Waals surface area (Å²) in [6.07, 6.45) is 0. The number of hydrogen-bond donors (Lipinski definition) is 1. The Bertz CT molecular complexity index is 755. The fourth-order valence-electron chi connectivity index (χ4n) is 2.39. The van der Waals surface area contributed by atoms with Gasteiger partial charge in [-0.2, -0.15) is 0 Å². The van der Waals surface area contributed by atoms with Crippen molar-refractivity contribution in [1.82, 2.24) is 0 Å². The third kappa shape index (κ3) is 2.38. The molecule has 0 bridgehead atoms. The number of fused-ring (bicyclic) bond motifs is 1. The summed E-state index contributed by atoms with van der Waals surface area (Å²) in [4.78, 5) is 18.1. The smallest absolute Gasteiger partial charge is 0.248 e. The predicted octanol–water partition coefficient (Wildman–Crippen LogP) is 2.74. The van der Waals surface area contributed by atoms with Crippen molar-refractivity contribution in [1.29, 1.82) is 0 Å². The highest BCUT2D eigenvalue weighted by Gasteiger charge is 2.23. The summed E-state index contributed by atoms with van der Waals surface area (Å²) in [5.74, 6) is -0.0666. The summed E-state index contributed by atoms with van der Waals surface area (Å²) >= 11 is 6.28. The minimum atomic E-state index is -0.0666. The number of anilines is 2. The van der Waals surface area contributed by atoms with Crippen molar-refractivity contribution in [3.63, 3.8) is 0 Å². The van der Waals surface area contributed by atoms with Crippen LogP contribution in [0.25, 0.3) is 0 Å². The van der Waals surface area contributed by atoms with Gasteiger partial charge in [0.15, 0.2) is 0 Å². The van der Waals surface area contributed by atoms with Crippen molar-refractivity contribution in [2.75, 3.05) is 24.2 Å². The number of rotatable bonds is 1. The molecule has 4 nitrogen and oxygen atoms in total. The lowest BCUT2D eigenvalue weighted by Crippen LogP contribution is -2.27. The lowest BCUT2D eigenvalue weighted by atomic mass is 9.99. The van der Waals surface area contributed by atoms with Crippen LogP contribution in [0.15, 0.2) is 47.5 Å². The SMILES string of the molecule is CN1C(=O)CN=C(c2ccccc2Cl)c2cc(N)ccc21. The third-order valence-corrected chi connectivity index (χ3v) is 3.84. The van der Waals surface area contributed by atoms with Gasteiger partial charge in [-0.15, -0.1) is 0 Å². The van der Waals surface area contributed by atoms with Crippen LogP contribution in [0.3, 0.4) is 0 Å². The number of amides is 1. The molecule has 1 aliphatic rings. The van der Waals surface area contributed by atoms with E-state index >= 15 is 0 Å². The summed E-state index contributed by atoms with van der Waals surface area (Å²) < 4.78 is 0. The minimum absolute atomic E-state index is 0.0666. The van der Waals surface area contributed by atoms with E-state index in [1.54, 1.807) is 18.0 Å². The quantitative estimate of drug-likeness (QED) is 0.823. The monoisotopic (exact) mass is 299 g/mol. The average molecular weight is 300 g/mol. The largest absolute Gasteiger partial charge is 0.399 e. The van der Waals surface area contributed by atoms with Gasteiger partial charge in [0.05, 0.1) is 11.4 Å². The maximum Gasteiger partial charge on any atom is 0.248 e. The molecular formula is C16H14ClN3O. The van der Waals surface area contributed by atoms with Crippen molar-refractivity contribution in [3.05, 3.63) is 58.6 Å². The predicted molar refractivity (Wildman–Crippen MR) is 86.2 cm³/mol. The van der Waals surface area contributed by atoms with Crippen LogP contribution in [0.1, 0.15) is 11.1 Å². The molecule has 0 spiro atoms. The summed E-state index contributed by atoms with van der Waals surface area (Å²) in [6, 6.07) is 12.9. The lowest BCUT2D eigenvalue weighted by Gasteiger charge is -2.18. The molecule has 21 heavy (non-hydrogen) atoms. The molecule has 0 saturated heterocycles. The second-order valence-corrected chi connectivity index (χ2v) is 5.28. The van der Waals surface area contributed by atoms with Gasteiger partial charge in [0.25, 0.3) is 0 Å². The first-order valence-corrected chi connectivity index (χ1v) is 6.91. The molecule has 106 valence electrons. The van der Waals surface area contributed by atoms with Crippen LogP contribution in [0, 0.1) is 0 Å². The standard InChI is InChI=1S/C16H14ClN3O/c1-20-14-7-6-10(18)8-12(14)16(19-9-15(20)21)11-4-2-3-5-13(11)17/h2-8H,9,18H2,1H3. The third-order valence-electron chi connectivity index (χ3n) is 3.51. The molecular weight excluding hydrogens is 286 g/mol. The van der Waals surface area contributed by atoms with Crippen molar-refractivity contribution in [2.45, 2.75) is 0 Å². The highest BCUT2D eigenvalue weighted by atomic mass is 35.5. The number of nitrogens with zero attached hydrogens (tertiary/aromatic N) is 2. The first-order chi connectivity index (χ1) is 10.1. The highest BCUT2D eigenvalue weighted by molar-refractivity contribution is 6.36. The number of benzene rings is 2. The van der Waals surface area contributed by atoms with E-state index in [1.807, 2.05) is 36.4 Å². The van der Waals surface area contributed by atoms with Crippen LogP contribution in [0.2, 0.25) is 5.02 Å². The summed E-state index contributed by atoms with van der Waals surface area (Å²) in [5.41, 5.74) is 9.62. The lowest BCUT2D eigenvalue weighted by molar-refractivity contribution is -0.116. The second-order valence-electron chi connectivity index (χ2n) is 4.87. The van der Waals surface area contributed by atoms with Gasteiger partial charge in [0.2, 0.25) is 5.91 Å². The molecule has 0 aromatic heterocycles. The molecule has 1 aliphatic heterocycles. The number of halogens is 1. The Kier molecular flexibility index (Phi) is 3.39. The van der Waals surface area contributed by atoms with Crippen molar-refractivity contribution >= 4 is 34.6 Å². The zero-order valence-corrected chi connectivity index (χ0v) is 12.3. The number of carbonyl (C=O) groups is 1. The van der Waals surface area contributed by atoms with Crippen molar-refractivity contribution in [3.8, 4) is 0 Å². The maximum absolute atomic E-state index is 12.1. The first kappa shape index (κ1) is 13.6. The zero-order chi connectivity index (χ0) is 15.0. The van der Waals surface area contributed by atoms with E-state index in [2.05, 4.69) is 4.99 Å². The Balaban J connectivity index is 2.26. The fourth-order valence-corrected chi connectivity index (χ4v) is 2.62. The van der Waals surface area contributed by atoms with Gasteiger partial charge in [-0.1, -0.05) is 29.8 Å². The van der Waals surface area contributed by atoms with Crippen LogP contribution in [-0.2, 0) is 4.79 Å². The fraction of sp³-hybridized carbons (Fsp3) is 0.125. The Morgan fingerprint density at radius 2 is 1.95 bits per heavy atom. The molecule has 2 aromatic carbocycles. The van der Waals surface area contributed by atoms with E-state index in [4.69, 9.17) is 17.3 Å². The molecule has 1 heterocycles. The van der Waals surface area contributed by atoms with Crippen LogP contribution < -0.4 is 10.6 Å². The summed E-state index contributed by atoms with van der Waals surface area (Å²) in [7, 11) is 1.74. The van der Waals surface area contributed by atoms with E-state index in [0.29, 0.717) is 16.4 Å². The molecule has 0 radical (unpaired) electrons. The molecule has 5 heteroatoms. The normalized spacial score (nSPS) is 14.5. The van der Waals surface area contributed by atoms with Crippen LogP contribution in [0.4, 0.5) is 11.4 Å². The van der Waals surface area contributed by atoms with Gasteiger partial charge in [-0.05, 0) is 24.3 Å². The van der Waals surface area contributed by atoms with E-state index in [9.17, 15) is 4.79 Å². The number of benzodiazepines with no additional fused rings is 1. The van der Waals surface area contributed by atoms with Crippen LogP contribution in [0.5, 0.6) is 0 Å². The molecule has 0 saturated carbocycles.